The Morgan fingerprint density at radius 3 is 1.80 bits per heavy atom. The zero-order valence-corrected chi connectivity index (χ0v) is 23.0. The number of likely N-dealkylation sites (tertiary alicyclic amines) is 1. The molecule has 0 radical (unpaired) electrons. The van der Waals surface area contributed by atoms with Gasteiger partial charge in [-0.15, -0.1) is 0 Å². The van der Waals surface area contributed by atoms with E-state index in [9.17, 15) is 0 Å². The lowest BCUT2D eigenvalue weighted by Gasteiger charge is -2.36. The monoisotopic (exact) mass is 542 g/mol. The van der Waals surface area contributed by atoms with Crippen LogP contribution in [0.2, 0.25) is 0 Å². The molecule has 40 heavy (non-hydrogen) atoms. The minimum atomic E-state index is 0.975. The van der Waals surface area contributed by atoms with Crippen molar-refractivity contribution in [1.82, 2.24) is 24.8 Å². The Morgan fingerprint density at radius 1 is 0.650 bits per heavy atom. The number of benzene rings is 4. The van der Waals surface area contributed by atoms with Gasteiger partial charge in [0.2, 0.25) is 0 Å². The van der Waals surface area contributed by atoms with Crippen molar-refractivity contribution in [2.75, 3.05) is 31.1 Å². The highest BCUT2D eigenvalue weighted by molar-refractivity contribution is 7.99. The normalized spacial score (nSPS) is 15.4. The third-order valence-corrected chi connectivity index (χ3v) is 9.42. The van der Waals surface area contributed by atoms with Gasteiger partial charge < -0.3 is 19.8 Å². The highest BCUT2D eigenvalue weighted by Crippen LogP contribution is 2.50. The molecule has 0 saturated carbocycles. The van der Waals surface area contributed by atoms with E-state index in [0.717, 1.165) is 46.3 Å². The van der Waals surface area contributed by atoms with Crippen LogP contribution in [-0.4, -0.2) is 51.0 Å². The summed E-state index contributed by atoms with van der Waals surface area (Å²) < 4.78 is 0. The van der Waals surface area contributed by atoms with Gasteiger partial charge in [0.05, 0.1) is 46.1 Å². The van der Waals surface area contributed by atoms with Crippen LogP contribution in [0.25, 0.3) is 44.3 Å². The Labute approximate surface area is 237 Å². The van der Waals surface area contributed by atoms with Crippen LogP contribution in [0.5, 0.6) is 0 Å². The third kappa shape index (κ3) is 4.08. The van der Waals surface area contributed by atoms with E-state index in [1.54, 1.807) is 12.7 Å². The Hall–Kier alpha value is -4.07. The van der Waals surface area contributed by atoms with Crippen molar-refractivity contribution in [3.8, 4) is 22.3 Å². The molecule has 1 saturated heterocycles. The van der Waals surface area contributed by atoms with Gasteiger partial charge in [0.1, 0.15) is 0 Å². The van der Waals surface area contributed by atoms with Crippen LogP contribution in [0.1, 0.15) is 19.3 Å². The number of H-pyrrole nitrogens is 2. The topological polar surface area (TPSA) is 63.8 Å². The zero-order chi connectivity index (χ0) is 26.5. The number of aromatic nitrogens is 4. The number of hydrogen-bond acceptors (Lipinski definition) is 5. The van der Waals surface area contributed by atoms with Gasteiger partial charge in [0, 0.05) is 34.0 Å². The smallest absolute Gasteiger partial charge is 0.0960 e. The molecule has 0 spiro atoms. The van der Waals surface area contributed by atoms with Gasteiger partial charge in [-0.05, 0) is 73.5 Å². The van der Waals surface area contributed by atoms with Crippen molar-refractivity contribution in [3.05, 3.63) is 85.5 Å². The first-order valence-electron chi connectivity index (χ1n) is 14.1. The van der Waals surface area contributed by atoms with Crippen LogP contribution in [-0.2, 0) is 0 Å². The first kappa shape index (κ1) is 23.8. The zero-order valence-electron chi connectivity index (χ0n) is 22.2. The maximum atomic E-state index is 4.62. The first-order valence-corrected chi connectivity index (χ1v) is 14.9. The lowest BCUT2D eigenvalue weighted by Crippen LogP contribution is -2.37. The van der Waals surface area contributed by atoms with Crippen LogP contribution in [0.4, 0.5) is 11.4 Å². The maximum Gasteiger partial charge on any atom is 0.0960 e. The average Bonchev–Trinajstić information content (AvgIpc) is 3.69. The summed E-state index contributed by atoms with van der Waals surface area (Å²) in [5.41, 5.74) is 11.4. The summed E-state index contributed by atoms with van der Waals surface area (Å²) in [5, 5.41) is 0. The van der Waals surface area contributed by atoms with Crippen LogP contribution in [0.15, 0.2) is 95.2 Å². The predicted molar refractivity (Wildman–Crippen MR) is 164 cm³/mol. The molecule has 0 amide bonds. The number of aromatic amines is 2. The van der Waals surface area contributed by atoms with Crippen molar-refractivity contribution in [3.63, 3.8) is 0 Å². The molecule has 198 valence electrons. The van der Waals surface area contributed by atoms with E-state index in [0.29, 0.717) is 0 Å². The van der Waals surface area contributed by atoms with Crippen LogP contribution in [0.3, 0.4) is 0 Å². The summed E-state index contributed by atoms with van der Waals surface area (Å²) in [7, 11) is 0. The molecular weight excluding hydrogens is 512 g/mol. The largest absolute Gasteiger partial charge is 0.345 e. The molecule has 0 bridgehead atoms. The number of piperidine rings is 1. The number of para-hydroxylation sites is 2. The van der Waals surface area contributed by atoms with Gasteiger partial charge in [-0.25, -0.2) is 9.97 Å². The number of fused-ring (bicyclic) bond motifs is 4. The van der Waals surface area contributed by atoms with Crippen LogP contribution in [0, 0.1) is 0 Å². The quantitative estimate of drug-likeness (QED) is 0.232. The Morgan fingerprint density at radius 2 is 1.23 bits per heavy atom. The second-order valence-electron chi connectivity index (χ2n) is 10.7. The molecule has 4 heterocycles. The molecule has 7 heteroatoms. The molecule has 2 aromatic heterocycles. The fraction of sp³-hybridized carbons (Fsp3) is 0.212. The fourth-order valence-corrected chi connectivity index (χ4v) is 7.46. The highest BCUT2D eigenvalue weighted by atomic mass is 32.2. The van der Waals surface area contributed by atoms with Gasteiger partial charge in [-0.1, -0.05) is 54.6 Å². The molecule has 0 unspecified atom stereocenters. The van der Waals surface area contributed by atoms with Crippen molar-refractivity contribution in [1.29, 1.82) is 0 Å². The molecule has 6 nitrogen and oxygen atoms in total. The lowest BCUT2D eigenvalue weighted by atomic mass is 10.0. The van der Waals surface area contributed by atoms with E-state index in [4.69, 9.17) is 0 Å². The van der Waals surface area contributed by atoms with E-state index in [1.807, 2.05) is 11.8 Å². The molecule has 0 aliphatic carbocycles. The van der Waals surface area contributed by atoms with E-state index >= 15 is 0 Å². The van der Waals surface area contributed by atoms with E-state index < -0.39 is 0 Å². The number of imidazole rings is 2. The summed E-state index contributed by atoms with van der Waals surface area (Å²) in [6.07, 6.45) is 7.54. The van der Waals surface area contributed by atoms with Gasteiger partial charge in [0.15, 0.2) is 0 Å². The first-order chi connectivity index (χ1) is 19.8. The summed E-state index contributed by atoms with van der Waals surface area (Å²) >= 11 is 1.87. The Kier molecular flexibility index (Phi) is 5.85. The highest BCUT2D eigenvalue weighted by Gasteiger charge is 2.26. The number of nitrogens with one attached hydrogen (secondary N) is 2. The molecular formula is C33H30N6S. The number of nitrogens with zero attached hydrogens (tertiary/aromatic N) is 4. The second kappa shape index (κ2) is 9.84. The van der Waals surface area contributed by atoms with Crippen LogP contribution < -0.4 is 4.90 Å². The van der Waals surface area contributed by atoms with E-state index in [-0.39, 0.29) is 0 Å². The van der Waals surface area contributed by atoms with Crippen molar-refractivity contribution >= 4 is 45.2 Å². The molecule has 8 rings (SSSR count). The number of rotatable bonds is 5. The second-order valence-corrected chi connectivity index (χ2v) is 11.8. The van der Waals surface area contributed by atoms with Gasteiger partial charge in [-0.3, -0.25) is 0 Å². The van der Waals surface area contributed by atoms with Gasteiger partial charge in [-0.2, -0.15) is 0 Å². The SMILES string of the molecule is c1cc(-c2ccc3c(c2)Sc2cc(-c4cccc5[nH]cnc45)ccc2N3CCN2CCCCC2)c2nc[nH]c2c1. The Bertz CT molecular complexity index is 1720. The summed E-state index contributed by atoms with van der Waals surface area (Å²) in [5.74, 6) is 0. The molecule has 2 N–H and O–H groups in total. The molecule has 6 aromatic rings. The molecule has 2 aliphatic heterocycles. The Balaban J connectivity index is 1.21. The molecule has 4 aromatic carbocycles. The van der Waals surface area contributed by atoms with Crippen molar-refractivity contribution in [2.24, 2.45) is 0 Å². The minimum Gasteiger partial charge on any atom is -0.345 e. The standard InChI is InChI=1S/C33H30N6S/c1-2-14-38(15-3-1)16-17-39-28-12-10-22(24-6-4-8-26-32(24)36-20-34-26)18-30(28)40-31-19-23(11-13-29(31)39)25-7-5-9-27-33(25)37-21-35-27/h4-13,18-21H,1-3,14-17H2,(H,34,36)(H,35,37). The third-order valence-electron chi connectivity index (χ3n) is 8.33. The van der Waals surface area contributed by atoms with Gasteiger partial charge >= 0.3 is 0 Å². The fourth-order valence-electron chi connectivity index (χ4n) is 6.28. The number of hydrogen-bond donors (Lipinski definition) is 2. The number of anilines is 2. The lowest BCUT2D eigenvalue weighted by molar-refractivity contribution is 0.234. The van der Waals surface area contributed by atoms with Crippen molar-refractivity contribution < 1.29 is 0 Å². The summed E-state index contributed by atoms with van der Waals surface area (Å²) in [4.78, 5) is 23.5. The maximum absolute atomic E-state index is 4.62. The van der Waals surface area contributed by atoms with Gasteiger partial charge in [0.25, 0.3) is 0 Å². The summed E-state index contributed by atoms with van der Waals surface area (Å²) in [6.45, 7) is 4.47. The van der Waals surface area contributed by atoms with E-state index in [2.05, 4.69) is 103 Å². The predicted octanol–water partition coefficient (Wildman–Crippen LogP) is 7.86. The minimum absolute atomic E-state index is 0.975. The van der Waals surface area contributed by atoms with E-state index in [1.165, 1.54) is 64.6 Å². The average molecular weight is 543 g/mol. The van der Waals surface area contributed by atoms with Crippen LogP contribution >= 0.6 is 11.8 Å². The molecule has 0 atom stereocenters. The molecule has 2 aliphatic rings. The van der Waals surface area contributed by atoms with Crippen molar-refractivity contribution in [2.45, 2.75) is 29.1 Å². The summed E-state index contributed by atoms with van der Waals surface area (Å²) in [6, 6.07) is 26.5. The molecule has 1 fully saturated rings.